The molecule has 2 aromatic rings. The summed E-state index contributed by atoms with van der Waals surface area (Å²) in [5, 5.41) is 2.80. The van der Waals surface area contributed by atoms with E-state index in [2.05, 4.69) is 10.3 Å². The maximum atomic E-state index is 11.9. The molecule has 6 nitrogen and oxygen atoms in total. The van der Waals surface area contributed by atoms with E-state index in [0.717, 1.165) is 5.56 Å². The van der Waals surface area contributed by atoms with E-state index in [1.54, 1.807) is 11.1 Å². The molecule has 116 valence electrons. The van der Waals surface area contributed by atoms with Gasteiger partial charge in [0.1, 0.15) is 0 Å². The van der Waals surface area contributed by atoms with Gasteiger partial charge in [-0.3, -0.25) is 0 Å². The average Bonchev–Trinajstić information content (AvgIpc) is 2.98. The monoisotopic (exact) mass is 301 g/mol. The predicted molar refractivity (Wildman–Crippen MR) is 81.2 cm³/mol. The molecule has 0 spiro atoms. The predicted octanol–water partition coefficient (Wildman–Crippen LogP) is 2.27. The first-order valence-electron chi connectivity index (χ1n) is 7.40. The van der Waals surface area contributed by atoms with Crippen LogP contribution in [0.2, 0.25) is 0 Å². The van der Waals surface area contributed by atoms with Gasteiger partial charge in [0.15, 0.2) is 5.76 Å². The Morgan fingerprint density at radius 1 is 1.41 bits per heavy atom. The molecule has 0 atom stereocenters. The first-order valence-corrected chi connectivity index (χ1v) is 7.40. The number of nitrogens with one attached hydrogen (secondary N) is 1. The highest BCUT2D eigenvalue weighted by Crippen LogP contribution is 2.19. The van der Waals surface area contributed by atoms with Crippen LogP contribution in [0.1, 0.15) is 12.8 Å². The zero-order valence-electron chi connectivity index (χ0n) is 12.5. The van der Waals surface area contributed by atoms with E-state index in [1.807, 2.05) is 37.3 Å². The zero-order chi connectivity index (χ0) is 15.4. The molecule has 22 heavy (non-hydrogen) atoms. The number of hydrogen-bond acceptors (Lipinski definition) is 4. The highest BCUT2D eigenvalue weighted by atomic mass is 16.5. The number of benzene rings is 1. The Balaban J connectivity index is 1.48. The maximum absolute atomic E-state index is 11.9. The van der Waals surface area contributed by atoms with Gasteiger partial charge in [-0.15, -0.1) is 0 Å². The summed E-state index contributed by atoms with van der Waals surface area (Å²) in [4.78, 5) is 17.8. The van der Waals surface area contributed by atoms with Gasteiger partial charge < -0.3 is 19.4 Å². The van der Waals surface area contributed by atoms with Gasteiger partial charge in [0.2, 0.25) is 5.89 Å². The first kappa shape index (κ1) is 14.6. The number of ether oxygens (including phenoxy) is 1. The van der Waals surface area contributed by atoms with E-state index in [1.165, 1.54) is 0 Å². The number of urea groups is 1. The molecule has 0 aliphatic carbocycles. The fourth-order valence-electron chi connectivity index (χ4n) is 2.34. The average molecular weight is 301 g/mol. The molecule has 1 aromatic carbocycles. The molecular formula is C16H19N3O3. The number of rotatable bonds is 5. The smallest absolute Gasteiger partial charge is 0.318 e. The summed E-state index contributed by atoms with van der Waals surface area (Å²) >= 11 is 0. The Kier molecular flexibility index (Phi) is 4.39. The van der Waals surface area contributed by atoms with Crippen LogP contribution in [0.25, 0.3) is 11.3 Å². The van der Waals surface area contributed by atoms with Gasteiger partial charge >= 0.3 is 6.03 Å². The molecule has 1 aliphatic rings. The van der Waals surface area contributed by atoms with Crippen LogP contribution in [-0.4, -0.2) is 41.7 Å². The summed E-state index contributed by atoms with van der Waals surface area (Å²) in [6.45, 7) is 4.19. The minimum absolute atomic E-state index is 0.115. The van der Waals surface area contributed by atoms with Gasteiger partial charge in [-0.2, -0.15) is 0 Å². The van der Waals surface area contributed by atoms with E-state index in [-0.39, 0.29) is 18.7 Å². The van der Waals surface area contributed by atoms with Crippen molar-refractivity contribution in [2.24, 2.45) is 0 Å². The van der Waals surface area contributed by atoms with Crippen molar-refractivity contribution < 1.29 is 13.9 Å². The molecule has 0 unspecified atom stereocenters. The van der Waals surface area contributed by atoms with Crippen molar-refractivity contribution in [3.05, 3.63) is 42.4 Å². The Morgan fingerprint density at radius 3 is 2.91 bits per heavy atom. The summed E-state index contributed by atoms with van der Waals surface area (Å²) in [7, 11) is 0. The summed E-state index contributed by atoms with van der Waals surface area (Å²) in [5.74, 6) is 1.19. The second-order valence-corrected chi connectivity index (χ2v) is 5.13. The highest BCUT2D eigenvalue weighted by Gasteiger charge is 2.30. The third-order valence-electron chi connectivity index (χ3n) is 3.54. The fraction of sp³-hybridized carbons (Fsp3) is 0.375. The summed E-state index contributed by atoms with van der Waals surface area (Å²) in [6, 6.07) is 9.63. The second kappa shape index (κ2) is 6.62. The van der Waals surface area contributed by atoms with Crippen LogP contribution in [-0.2, 0) is 11.3 Å². The SMILES string of the molecule is CCOC1CN(C(=O)NCc2ncc(-c3ccccc3)o2)C1. The van der Waals surface area contributed by atoms with Crippen molar-refractivity contribution in [2.75, 3.05) is 19.7 Å². The number of hydrogen-bond donors (Lipinski definition) is 1. The molecule has 1 N–H and O–H groups in total. The van der Waals surface area contributed by atoms with Crippen LogP contribution in [0, 0.1) is 0 Å². The second-order valence-electron chi connectivity index (χ2n) is 5.13. The van der Waals surface area contributed by atoms with E-state index < -0.39 is 0 Å². The normalized spacial score (nSPS) is 14.7. The summed E-state index contributed by atoms with van der Waals surface area (Å²) < 4.78 is 11.1. The van der Waals surface area contributed by atoms with Crippen molar-refractivity contribution in [3.63, 3.8) is 0 Å². The van der Waals surface area contributed by atoms with Crippen LogP contribution in [0.15, 0.2) is 40.9 Å². The number of carbonyl (C=O) groups is 1. The number of amides is 2. The van der Waals surface area contributed by atoms with E-state index >= 15 is 0 Å². The van der Waals surface area contributed by atoms with Crippen LogP contribution >= 0.6 is 0 Å². The summed E-state index contributed by atoms with van der Waals surface area (Å²) in [6.07, 6.45) is 1.84. The Hall–Kier alpha value is -2.34. The quantitative estimate of drug-likeness (QED) is 0.920. The molecule has 2 amide bonds. The van der Waals surface area contributed by atoms with Crippen LogP contribution in [0.4, 0.5) is 4.79 Å². The molecule has 0 saturated carbocycles. The molecule has 3 rings (SSSR count). The van der Waals surface area contributed by atoms with Crippen molar-refractivity contribution in [1.29, 1.82) is 0 Å². The minimum Gasteiger partial charge on any atom is -0.439 e. The lowest BCUT2D eigenvalue weighted by atomic mass is 10.2. The highest BCUT2D eigenvalue weighted by molar-refractivity contribution is 5.75. The Morgan fingerprint density at radius 2 is 2.18 bits per heavy atom. The van der Waals surface area contributed by atoms with Crippen LogP contribution < -0.4 is 5.32 Å². The first-order chi connectivity index (χ1) is 10.8. The van der Waals surface area contributed by atoms with E-state index in [4.69, 9.17) is 9.15 Å². The van der Waals surface area contributed by atoms with Crippen LogP contribution in [0.3, 0.4) is 0 Å². The number of aromatic nitrogens is 1. The number of nitrogens with zero attached hydrogens (tertiary/aromatic N) is 2. The third-order valence-corrected chi connectivity index (χ3v) is 3.54. The van der Waals surface area contributed by atoms with Crippen molar-refractivity contribution in [3.8, 4) is 11.3 Å². The molecule has 2 heterocycles. The number of likely N-dealkylation sites (tertiary alicyclic amines) is 1. The Bertz CT molecular complexity index is 621. The Labute approximate surface area is 129 Å². The number of oxazole rings is 1. The van der Waals surface area contributed by atoms with Gasteiger partial charge in [-0.1, -0.05) is 30.3 Å². The largest absolute Gasteiger partial charge is 0.439 e. The lowest BCUT2D eigenvalue weighted by Gasteiger charge is -2.38. The van der Waals surface area contributed by atoms with Crippen molar-refractivity contribution in [1.82, 2.24) is 15.2 Å². The van der Waals surface area contributed by atoms with Crippen molar-refractivity contribution in [2.45, 2.75) is 19.6 Å². The van der Waals surface area contributed by atoms with Gasteiger partial charge in [0.25, 0.3) is 0 Å². The lowest BCUT2D eigenvalue weighted by molar-refractivity contribution is -0.0301. The van der Waals surface area contributed by atoms with E-state index in [9.17, 15) is 4.79 Å². The van der Waals surface area contributed by atoms with Gasteiger partial charge in [0.05, 0.1) is 31.9 Å². The zero-order valence-corrected chi connectivity index (χ0v) is 12.5. The minimum atomic E-state index is -0.115. The summed E-state index contributed by atoms with van der Waals surface area (Å²) in [5.41, 5.74) is 0.967. The van der Waals surface area contributed by atoms with Gasteiger partial charge in [-0.05, 0) is 6.92 Å². The molecule has 0 radical (unpaired) electrons. The maximum Gasteiger partial charge on any atom is 0.318 e. The van der Waals surface area contributed by atoms with Gasteiger partial charge in [0, 0.05) is 12.2 Å². The molecule has 1 fully saturated rings. The fourth-order valence-corrected chi connectivity index (χ4v) is 2.34. The molecule has 6 heteroatoms. The lowest BCUT2D eigenvalue weighted by Crippen LogP contribution is -2.57. The third kappa shape index (κ3) is 3.28. The molecule has 1 saturated heterocycles. The standard InChI is InChI=1S/C16H19N3O3/c1-2-21-13-10-19(11-13)16(20)18-9-15-17-8-14(22-15)12-6-4-3-5-7-12/h3-8,13H,2,9-11H2,1H3,(H,18,20). The van der Waals surface area contributed by atoms with Crippen LogP contribution in [0.5, 0.6) is 0 Å². The molecular weight excluding hydrogens is 282 g/mol. The number of carbonyl (C=O) groups excluding carboxylic acids is 1. The topological polar surface area (TPSA) is 67.6 Å². The van der Waals surface area contributed by atoms with Gasteiger partial charge in [-0.25, -0.2) is 9.78 Å². The van der Waals surface area contributed by atoms with Crippen molar-refractivity contribution >= 4 is 6.03 Å². The molecule has 1 aliphatic heterocycles. The molecule has 0 bridgehead atoms. The van der Waals surface area contributed by atoms with E-state index in [0.29, 0.717) is 31.3 Å². The molecule has 1 aromatic heterocycles.